The lowest BCUT2D eigenvalue weighted by Gasteiger charge is -2.26. The fraction of sp³-hybridized carbons (Fsp3) is 0.750. The maximum atomic E-state index is 10.2. The van der Waals surface area contributed by atoms with E-state index in [1.807, 2.05) is 0 Å². The fourth-order valence-electron chi connectivity index (χ4n) is 3.32. The van der Waals surface area contributed by atoms with E-state index in [0.29, 0.717) is 25.8 Å². The number of rotatable bonds is 7. The van der Waals surface area contributed by atoms with E-state index in [2.05, 4.69) is 21.7 Å². The summed E-state index contributed by atoms with van der Waals surface area (Å²) >= 11 is 1.75. The zero-order valence-electron chi connectivity index (χ0n) is 12.4. The third kappa shape index (κ3) is 4.27. The summed E-state index contributed by atoms with van der Waals surface area (Å²) in [5.41, 5.74) is 1.39. The molecule has 0 amide bonds. The first-order valence-electron chi connectivity index (χ1n) is 7.96. The molecule has 0 aromatic carbocycles. The SMILES string of the molecule is O[C@H](COC[C@H]1CCCO1)CN1CCC[C@H]1c1ccsc1. The van der Waals surface area contributed by atoms with E-state index in [1.54, 1.807) is 11.3 Å². The van der Waals surface area contributed by atoms with Crippen molar-refractivity contribution in [3.05, 3.63) is 22.4 Å². The van der Waals surface area contributed by atoms with Gasteiger partial charge in [0.05, 0.1) is 25.4 Å². The van der Waals surface area contributed by atoms with Crippen LogP contribution in [0.25, 0.3) is 0 Å². The Morgan fingerprint density at radius 1 is 1.43 bits per heavy atom. The first kappa shape index (κ1) is 15.4. The number of nitrogens with zero attached hydrogens (tertiary/aromatic N) is 1. The van der Waals surface area contributed by atoms with Crippen molar-refractivity contribution in [3.8, 4) is 0 Å². The number of β-amino-alcohol motifs (C(OH)–C–C–N with tert-alkyl or cyclic N) is 1. The Bertz CT molecular complexity index is 406. The third-order valence-electron chi connectivity index (χ3n) is 4.37. The summed E-state index contributed by atoms with van der Waals surface area (Å²) in [6.07, 6.45) is 4.45. The summed E-state index contributed by atoms with van der Waals surface area (Å²) in [7, 11) is 0. The molecule has 4 nitrogen and oxygen atoms in total. The molecule has 0 saturated carbocycles. The summed E-state index contributed by atoms with van der Waals surface area (Å²) < 4.78 is 11.1. The molecule has 0 radical (unpaired) electrons. The molecular formula is C16H25NO3S. The zero-order valence-corrected chi connectivity index (χ0v) is 13.3. The molecular weight excluding hydrogens is 286 g/mol. The Balaban J connectivity index is 1.40. The van der Waals surface area contributed by atoms with Gasteiger partial charge in [0.1, 0.15) is 0 Å². The Morgan fingerprint density at radius 2 is 2.38 bits per heavy atom. The monoisotopic (exact) mass is 311 g/mol. The molecule has 1 aromatic heterocycles. The largest absolute Gasteiger partial charge is 0.389 e. The highest BCUT2D eigenvalue weighted by atomic mass is 32.1. The van der Waals surface area contributed by atoms with Crippen LogP contribution in [0.2, 0.25) is 0 Å². The molecule has 0 spiro atoms. The predicted molar refractivity (Wildman–Crippen MR) is 83.7 cm³/mol. The molecule has 3 atom stereocenters. The minimum atomic E-state index is -0.411. The smallest absolute Gasteiger partial charge is 0.0900 e. The average molecular weight is 311 g/mol. The summed E-state index contributed by atoms with van der Waals surface area (Å²) in [5, 5.41) is 14.6. The second-order valence-corrected chi connectivity index (χ2v) is 6.82. The van der Waals surface area contributed by atoms with Crippen molar-refractivity contribution in [2.75, 3.05) is 32.9 Å². The third-order valence-corrected chi connectivity index (χ3v) is 5.08. The van der Waals surface area contributed by atoms with Crippen LogP contribution in [0.1, 0.15) is 37.3 Å². The summed E-state index contributed by atoms with van der Waals surface area (Å²) in [6, 6.07) is 2.68. The van der Waals surface area contributed by atoms with Crippen LogP contribution in [0.15, 0.2) is 16.8 Å². The lowest BCUT2D eigenvalue weighted by Crippen LogP contribution is -2.35. The van der Waals surface area contributed by atoms with Crippen molar-refractivity contribution in [2.24, 2.45) is 0 Å². The fourth-order valence-corrected chi connectivity index (χ4v) is 4.03. The van der Waals surface area contributed by atoms with Crippen molar-refractivity contribution in [2.45, 2.75) is 43.9 Å². The van der Waals surface area contributed by atoms with E-state index in [9.17, 15) is 5.11 Å². The molecule has 2 aliphatic heterocycles. The molecule has 2 saturated heterocycles. The van der Waals surface area contributed by atoms with Gasteiger partial charge >= 0.3 is 0 Å². The minimum Gasteiger partial charge on any atom is -0.389 e. The van der Waals surface area contributed by atoms with Gasteiger partial charge in [-0.25, -0.2) is 0 Å². The van der Waals surface area contributed by atoms with Gasteiger partial charge in [-0.15, -0.1) is 0 Å². The second-order valence-electron chi connectivity index (χ2n) is 6.04. The van der Waals surface area contributed by atoms with Gasteiger partial charge in [0.25, 0.3) is 0 Å². The summed E-state index contributed by atoms with van der Waals surface area (Å²) in [4.78, 5) is 2.39. The molecule has 21 heavy (non-hydrogen) atoms. The average Bonchev–Trinajstić information content (AvgIpc) is 3.20. The van der Waals surface area contributed by atoms with E-state index < -0.39 is 6.10 Å². The van der Waals surface area contributed by atoms with Gasteiger partial charge in [0.15, 0.2) is 0 Å². The van der Waals surface area contributed by atoms with Gasteiger partial charge in [-0.05, 0) is 54.6 Å². The molecule has 0 unspecified atom stereocenters. The Morgan fingerprint density at radius 3 is 3.14 bits per heavy atom. The summed E-state index contributed by atoms with van der Waals surface area (Å²) in [5.74, 6) is 0. The van der Waals surface area contributed by atoms with E-state index >= 15 is 0 Å². The van der Waals surface area contributed by atoms with Crippen LogP contribution >= 0.6 is 11.3 Å². The number of hydrogen-bond acceptors (Lipinski definition) is 5. The van der Waals surface area contributed by atoms with Gasteiger partial charge in [-0.3, -0.25) is 4.90 Å². The number of hydrogen-bond donors (Lipinski definition) is 1. The van der Waals surface area contributed by atoms with Crippen LogP contribution in [0.4, 0.5) is 0 Å². The van der Waals surface area contributed by atoms with Crippen LogP contribution in [0.5, 0.6) is 0 Å². The molecule has 2 fully saturated rings. The Labute approximate surface area is 130 Å². The second kappa shape index (κ2) is 7.70. The normalized spacial score (nSPS) is 28.2. The van der Waals surface area contributed by atoms with Crippen molar-refractivity contribution < 1.29 is 14.6 Å². The van der Waals surface area contributed by atoms with Crippen molar-refractivity contribution in [1.29, 1.82) is 0 Å². The van der Waals surface area contributed by atoms with Gasteiger partial charge in [0.2, 0.25) is 0 Å². The first-order chi connectivity index (χ1) is 10.3. The highest BCUT2D eigenvalue weighted by molar-refractivity contribution is 7.07. The van der Waals surface area contributed by atoms with Crippen LogP contribution in [0, 0.1) is 0 Å². The highest BCUT2D eigenvalue weighted by Gasteiger charge is 2.27. The molecule has 3 heterocycles. The first-order valence-corrected chi connectivity index (χ1v) is 8.91. The van der Waals surface area contributed by atoms with Crippen LogP contribution in [-0.2, 0) is 9.47 Å². The molecule has 2 aliphatic rings. The van der Waals surface area contributed by atoms with Gasteiger partial charge < -0.3 is 14.6 Å². The number of aliphatic hydroxyl groups excluding tert-OH is 1. The van der Waals surface area contributed by atoms with E-state index in [-0.39, 0.29) is 6.10 Å². The van der Waals surface area contributed by atoms with Crippen LogP contribution in [0.3, 0.4) is 0 Å². The molecule has 118 valence electrons. The van der Waals surface area contributed by atoms with Crippen LogP contribution < -0.4 is 0 Å². The van der Waals surface area contributed by atoms with Crippen molar-refractivity contribution >= 4 is 11.3 Å². The van der Waals surface area contributed by atoms with Gasteiger partial charge in [0, 0.05) is 19.2 Å². The Hall–Kier alpha value is -0.460. The number of thiophene rings is 1. The molecule has 1 N–H and O–H groups in total. The van der Waals surface area contributed by atoms with E-state index in [0.717, 1.165) is 26.0 Å². The minimum absolute atomic E-state index is 0.238. The molecule has 0 aliphatic carbocycles. The van der Waals surface area contributed by atoms with Gasteiger partial charge in [-0.2, -0.15) is 11.3 Å². The standard InChI is InChI=1S/C16H25NO3S/c18-14(10-19-11-15-3-2-7-20-15)9-17-6-1-4-16(17)13-5-8-21-12-13/h5,8,12,14-16,18H,1-4,6-7,9-11H2/t14-,15+,16-/m0/s1. The van der Waals surface area contributed by atoms with E-state index in [4.69, 9.17) is 9.47 Å². The maximum Gasteiger partial charge on any atom is 0.0900 e. The summed E-state index contributed by atoms with van der Waals surface area (Å²) in [6.45, 7) is 3.65. The highest BCUT2D eigenvalue weighted by Crippen LogP contribution is 2.32. The number of likely N-dealkylation sites (tertiary alicyclic amines) is 1. The topological polar surface area (TPSA) is 41.9 Å². The quantitative estimate of drug-likeness (QED) is 0.840. The van der Waals surface area contributed by atoms with Crippen molar-refractivity contribution in [3.63, 3.8) is 0 Å². The zero-order chi connectivity index (χ0) is 14.5. The number of aliphatic hydroxyl groups is 1. The van der Waals surface area contributed by atoms with E-state index in [1.165, 1.54) is 18.4 Å². The lowest BCUT2D eigenvalue weighted by molar-refractivity contribution is -0.0261. The molecule has 3 rings (SSSR count). The van der Waals surface area contributed by atoms with Crippen LogP contribution in [-0.4, -0.2) is 55.1 Å². The molecule has 0 bridgehead atoms. The van der Waals surface area contributed by atoms with Crippen molar-refractivity contribution in [1.82, 2.24) is 4.90 Å². The number of ether oxygens (including phenoxy) is 2. The molecule has 1 aromatic rings. The predicted octanol–water partition coefficient (Wildman–Crippen LogP) is 2.44. The maximum absolute atomic E-state index is 10.2. The lowest BCUT2D eigenvalue weighted by atomic mass is 10.1. The van der Waals surface area contributed by atoms with Gasteiger partial charge in [-0.1, -0.05) is 0 Å². The Kier molecular flexibility index (Phi) is 5.66. The molecule has 5 heteroatoms.